The van der Waals surface area contributed by atoms with Crippen molar-refractivity contribution in [2.75, 3.05) is 17.7 Å². The minimum atomic E-state index is -3.00. The first kappa shape index (κ1) is 19.1. The molecule has 3 aromatic rings. The van der Waals surface area contributed by atoms with Gasteiger partial charge in [-0.3, -0.25) is 5.10 Å². The lowest BCUT2D eigenvalue weighted by molar-refractivity contribution is 0.0173. The van der Waals surface area contributed by atoms with Gasteiger partial charge in [0.05, 0.1) is 12.8 Å². The van der Waals surface area contributed by atoms with Crippen molar-refractivity contribution in [3.05, 3.63) is 47.3 Å². The molecule has 0 radical (unpaired) electrons. The van der Waals surface area contributed by atoms with Crippen LogP contribution < -0.4 is 15.4 Å². The molecule has 1 aromatic carbocycles. The minimum Gasteiger partial charge on any atom is -0.497 e. The number of aryl methyl sites for hydroxylation is 1. The second-order valence-corrected chi connectivity index (χ2v) is 7.29. The Morgan fingerprint density at radius 2 is 1.90 bits per heavy atom. The van der Waals surface area contributed by atoms with Crippen LogP contribution in [0, 0.1) is 6.92 Å². The van der Waals surface area contributed by atoms with E-state index in [0.29, 0.717) is 23.2 Å². The van der Waals surface area contributed by atoms with E-state index in [9.17, 15) is 8.78 Å². The number of methoxy groups -OCH3 is 1. The number of rotatable bonds is 7. The second kappa shape index (κ2) is 7.31. The number of H-pyrrole nitrogens is 1. The molecular formula is C20H22F2N6O. The molecule has 0 atom stereocenters. The first-order chi connectivity index (χ1) is 13.8. The van der Waals surface area contributed by atoms with E-state index in [1.807, 2.05) is 13.0 Å². The van der Waals surface area contributed by atoms with Crippen molar-refractivity contribution in [2.24, 2.45) is 0 Å². The molecule has 1 saturated carbocycles. The zero-order valence-corrected chi connectivity index (χ0v) is 16.4. The van der Waals surface area contributed by atoms with Crippen molar-refractivity contribution in [1.82, 2.24) is 20.2 Å². The van der Waals surface area contributed by atoms with Gasteiger partial charge in [0.15, 0.2) is 0 Å². The molecule has 0 saturated heterocycles. The lowest BCUT2D eigenvalue weighted by Crippen LogP contribution is -2.08. The number of aromatic amines is 1. The Labute approximate surface area is 166 Å². The van der Waals surface area contributed by atoms with Crippen LogP contribution in [0.1, 0.15) is 42.6 Å². The minimum absolute atomic E-state index is 0.157. The van der Waals surface area contributed by atoms with E-state index in [1.165, 1.54) is 32.1 Å². The van der Waals surface area contributed by atoms with Crippen LogP contribution in [0.3, 0.4) is 0 Å². The van der Waals surface area contributed by atoms with E-state index in [0.717, 1.165) is 24.1 Å². The maximum atomic E-state index is 13.8. The SMILES string of the molecule is COc1cc(Nc2nc(C)cc(Nc3cc(C4CC4)n[nH]3)n2)cc(C(C)(F)F)c1. The Morgan fingerprint density at radius 1 is 1.10 bits per heavy atom. The van der Waals surface area contributed by atoms with Crippen LogP contribution in [-0.2, 0) is 5.92 Å². The summed E-state index contributed by atoms with van der Waals surface area (Å²) in [5.41, 5.74) is 2.02. The van der Waals surface area contributed by atoms with Gasteiger partial charge in [0.1, 0.15) is 17.4 Å². The molecular weight excluding hydrogens is 378 g/mol. The number of nitrogens with zero attached hydrogens (tertiary/aromatic N) is 3. The summed E-state index contributed by atoms with van der Waals surface area (Å²) in [6, 6.07) is 8.05. The molecule has 4 rings (SSSR count). The van der Waals surface area contributed by atoms with E-state index >= 15 is 0 Å². The fourth-order valence-electron chi connectivity index (χ4n) is 2.99. The van der Waals surface area contributed by atoms with Crippen molar-refractivity contribution in [1.29, 1.82) is 0 Å². The molecule has 0 aliphatic heterocycles. The van der Waals surface area contributed by atoms with Gasteiger partial charge in [0.2, 0.25) is 5.95 Å². The molecule has 7 nitrogen and oxygen atoms in total. The summed E-state index contributed by atoms with van der Waals surface area (Å²) < 4.78 is 32.7. The molecule has 0 bridgehead atoms. The number of benzene rings is 1. The predicted octanol–water partition coefficient (Wildman–Crippen LogP) is 4.99. The summed E-state index contributed by atoms with van der Waals surface area (Å²) in [5.74, 6) is -0.536. The average molecular weight is 400 g/mol. The number of nitrogens with one attached hydrogen (secondary N) is 3. The predicted molar refractivity (Wildman–Crippen MR) is 106 cm³/mol. The third-order valence-electron chi connectivity index (χ3n) is 4.62. The molecule has 1 aliphatic carbocycles. The maximum Gasteiger partial charge on any atom is 0.270 e. The van der Waals surface area contributed by atoms with E-state index < -0.39 is 5.92 Å². The van der Waals surface area contributed by atoms with E-state index in [1.54, 1.807) is 12.1 Å². The summed E-state index contributed by atoms with van der Waals surface area (Å²) >= 11 is 0. The molecule has 0 amide bonds. The lowest BCUT2D eigenvalue weighted by atomic mass is 10.1. The molecule has 2 heterocycles. The second-order valence-electron chi connectivity index (χ2n) is 7.29. The van der Waals surface area contributed by atoms with Gasteiger partial charge >= 0.3 is 0 Å². The van der Waals surface area contributed by atoms with Crippen LogP contribution in [0.4, 0.5) is 32.1 Å². The lowest BCUT2D eigenvalue weighted by Gasteiger charge is -2.15. The molecule has 3 N–H and O–H groups in total. The Morgan fingerprint density at radius 3 is 2.59 bits per heavy atom. The van der Waals surface area contributed by atoms with Crippen LogP contribution in [0.5, 0.6) is 5.75 Å². The van der Waals surface area contributed by atoms with Crippen molar-refractivity contribution < 1.29 is 13.5 Å². The van der Waals surface area contributed by atoms with Crippen LogP contribution in [0.15, 0.2) is 30.3 Å². The van der Waals surface area contributed by atoms with Gasteiger partial charge in [-0.25, -0.2) is 13.8 Å². The number of anilines is 4. The molecule has 152 valence electrons. The highest BCUT2D eigenvalue weighted by molar-refractivity contribution is 5.61. The smallest absolute Gasteiger partial charge is 0.270 e. The van der Waals surface area contributed by atoms with Gasteiger partial charge in [0.25, 0.3) is 5.92 Å². The Balaban J connectivity index is 1.57. The first-order valence-corrected chi connectivity index (χ1v) is 9.32. The van der Waals surface area contributed by atoms with Crippen molar-refractivity contribution in [3.63, 3.8) is 0 Å². The summed E-state index contributed by atoms with van der Waals surface area (Å²) in [7, 11) is 1.43. The van der Waals surface area contributed by atoms with Gasteiger partial charge in [-0.1, -0.05) is 0 Å². The summed E-state index contributed by atoms with van der Waals surface area (Å²) in [6.07, 6.45) is 2.34. The molecule has 1 fully saturated rings. The van der Waals surface area contributed by atoms with Crippen LogP contribution in [0.2, 0.25) is 0 Å². The summed E-state index contributed by atoms with van der Waals surface area (Å²) in [4.78, 5) is 8.78. The molecule has 0 unspecified atom stereocenters. The fraction of sp³-hybridized carbons (Fsp3) is 0.350. The number of alkyl halides is 2. The average Bonchev–Trinajstić information content (AvgIpc) is 3.40. The summed E-state index contributed by atoms with van der Waals surface area (Å²) in [5, 5.41) is 13.4. The third-order valence-corrected chi connectivity index (χ3v) is 4.62. The quantitative estimate of drug-likeness (QED) is 0.518. The van der Waals surface area contributed by atoms with Crippen LogP contribution in [-0.4, -0.2) is 27.3 Å². The van der Waals surface area contributed by atoms with Gasteiger partial charge in [-0.05, 0) is 31.9 Å². The molecule has 29 heavy (non-hydrogen) atoms. The zero-order chi connectivity index (χ0) is 20.6. The highest BCUT2D eigenvalue weighted by Gasteiger charge is 2.27. The van der Waals surface area contributed by atoms with Gasteiger partial charge in [-0.15, -0.1) is 0 Å². The van der Waals surface area contributed by atoms with Crippen molar-refractivity contribution in [3.8, 4) is 5.75 Å². The van der Waals surface area contributed by atoms with Gasteiger partial charge in [-0.2, -0.15) is 10.1 Å². The highest BCUT2D eigenvalue weighted by atomic mass is 19.3. The van der Waals surface area contributed by atoms with Crippen LogP contribution in [0.25, 0.3) is 0 Å². The number of hydrogen-bond acceptors (Lipinski definition) is 6. The number of halogens is 2. The number of hydrogen-bond donors (Lipinski definition) is 3. The maximum absolute atomic E-state index is 13.8. The number of ether oxygens (including phenoxy) is 1. The largest absolute Gasteiger partial charge is 0.497 e. The topological polar surface area (TPSA) is 87.8 Å². The normalized spacial score (nSPS) is 14.0. The molecule has 2 aromatic heterocycles. The zero-order valence-electron chi connectivity index (χ0n) is 16.4. The molecule has 9 heteroatoms. The van der Waals surface area contributed by atoms with Crippen molar-refractivity contribution >= 4 is 23.3 Å². The third kappa shape index (κ3) is 4.61. The Hall–Kier alpha value is -3.23. The molecule has 1 aliphatic rings. The van der Waals surface area contributed by atoms with E-state index in [4.69, 9.17) is 4.74 Å². The van der Waals surface area contributed by atoms with Gasteiger partial charge < -0.3 is 15.4 Å². The van der Waals surface area contributed by atoms with Crippen LogP contribution >= 0.6 is 0 Å². The summed E-state index contributed by atoms with van der Waals surface area (Å²) in [6.45, 7) is 2.68. The standard InChI is InChI=1S/C20H22F2N6O/c1-11-6-17(25-18-10-16(27-28-18)12-4-5-12)26-19(23-11)24-14-7-13(20(2,21)22)8-15(9-14)29-3/h6-10,12H,4-5H2,1-3H3,(H3,23,24,25,26,27,28). The van der Waals surface area contributed by atoms with Crippen molar-refractivity contribution in [2.45, 2.75) is 38.5 Å². The monoisotopic (exact) mass is 400 g/mol. The first-order valence-electron chi connectivity index (χ1n) is 9.32. The van der Waals surface area contributed by atoms with E-state index in [2.05, 4.69) is 30.8 Å². The van der Waals surface area contributed by atoms with Gasteiger partial charge in [0, 0.05) is 48.0 Å². The molecule has 0 spiro atoms. The van der Waals surface area contributed by atoms with E-state index in [-0.39, 0.29) is 11.5 Å². The number of aromatic nitrogens is 4. The Kier molecular flexibility index (Phi) is 4.81. The highest BCUT2D eigenvalue weighted by Crippen LogP contribution is 2.39. The Bertz CT molecular complexity index is 1030. The fourth-order valence-corrected chi connectivity index (χ4v) is 2.99.